The van der Waals surface area contributed by atoms with Gasteiger partial charge in [-0.3, -0.25) is 9.48 Å². The summed E-state index contributed by atoms with van der Waals surface area (Å²) in [4.78, 5) is 23.1. The molecule has 0 bridgehead atoms. The Morgan fingerprint density at radius 3 is 2.29 bits per heavy atom. The molecule has 21 heavy (non-hydrogen) atoms. The molecule has 110 valence electrons. The van der Waals surface area contributed by atoms with Gasteiger partial charge in [-0.2, -0.15) is 5.10 Å². The molecule has 0 spiro atoms. The highest BCUT2D eigenvalue weighted by atomic mass is 16.5. The van der Waals surface area contributed by atoms with Crippen molar-refractivity contribution in [2.24, 2.45) is 7.05 Å². The van der Waals surface area contributed by atoms with Crippen LogP contribution in [0.3, 0.4) is 0 Å². The van der Waals surface area contributed by atoms with Crippen LogP contribution in [0.2, 0.25) is 0 Å². The van der Waals surface area contributed by atoms with Gasteiger partial charge in [-0.25, -0.2) is 4.79 Å². The third-order valence-corrected chi connectivity index (χ3v) is 3.10. The number of carbonyl (C=O) groups excluding carboxylic acids is 2. The highest BCUT2D eigenvalue weighted by Gasteiger charge is 2.19. The standard InChI is InChI=1S/C15H17N3O3/c1-9-14(10(2)18(4)17-9)15(20)21-13-7-5-12(6-8-13)16-11(3)19/h5-8H,1-4H3,(H,16,19). The average Bonchev–Trinajstić information content (AvgIpc) is 2.65. The Morgan fingerprint density at radius 1 is 1.19 bits per heavy atom. The fourth-order valence-electron chi connectivity index (χ4n) is 2.04. The lowest BCUT2D eigenvalue weighted by molar-refractivity contribution is -0.114. The number of hydrogen-bond acceptors (Lipinski definition) is 4. The summed E-state index contributed by atoms with van der Waals surface area (Å²) in [5, 5.41) is 6.83. The quantitative estimate of drug-likeness (QED) is 0.694. The first kappa shape index (κ1) is 14.8. The average molecular weight is 287 g/mol. The number of anilines is 1. The zero-order chi connectivity index (χ0) is 15.6. The van der Waals surface area contributed by atoms with Crippen LogP contribution in [0.1, 0.15) is 28.7 Å². The van der Waals surface area contributed by atoms with Crippen LogP contribution in [-0.4, -0.2) is 21.7 Å². The first-order valence-electron chi connectivity index (χ1n) is 6.48. The number of aromatic nitrogens is 2. The van der Waals surface area contributed by atoms with E-state index in [0.717, 1.165) is 5.69 Å². The predicted molar refractivity (Wildman–Crippen MR) is 78.4 cm³/mol. The van der Waals surface area contributed by atoms with Crippen molar-refractivity contribution in [3.05, 3.63) is 41.2 Å². The van der Waals surface area contributed by atoms with Crippen molar-refractivity contribution < 1.29 is 14.3 Å². The van der Waals surface area contributed by atoms with E-state index in [1.165, 1.54) is 6.92 Å². The lowest BCUT2D eigenvalue weighted by Crippen LogP contribution is -2.11. The smallest absolute Gasteiger partial charge is 0.347 e. The van der Waals surface area contributed by atoms with Crippen LogP contribution in [0.4, 0.5) is 5.69 Å². The minimum Gasteiger partial charge on any atom is -0.423 e. The van der Waals surface area contributed by atoms with Crippen LogP contribution >= 0.6 is 0 Å². The summed E-state index contributed by atoms with van der Waals surface area (Å²) >= 11 is 0. The first-order valence-corrected chi connectivity index (χ1v) is 6.48. The van der Waals surface area contributed by atoms with Gasteiger partial charge >= 0.3 is 5.97 Å². The fourth-order valence-corrected chi connectivity index (χ4v) is 2.04. The van der Waals surface area contributed by atoms with E-state index in [1.54, 1.807) is 42.9 Å². The van der Waals surface area contributed by atoms with E-state index in [0.29, 0.717) is 22.7 Å². The molecule has 1 N–H and O–H groups in total. The molecule has 0 aliphatic rings. The summed E-state index contributed by atoms with van der Waals surface area (Å²) in [7, 11) is 1.78. The van der Waals surface area contributed by atoms with Crippen molar-refractivity contribution in [1.82, 2.24) is 9.78 Å². The predicted octanol–water partition coefficient (Wildman–Crippen LogP) is 2.21. The number of rotatable bonds is 3. The first-order chi connectivity index (χ1) is 9.88. The highest BCUT2D eigenvalue weighted by Crippen LogP contribution is 2.19. The van der Waals surface area contributed by atoms with Crippen LogP contribution < -0.4 is 10.1 Å². The van der Waals surface area contributed by atoms with Gasteiger partial charge < -0.3 is 10.1 Å². The monoisotopic (exact) mass is 287 g/mol. The normalized spacial score (nSPS) is 10.3. The van der Waals surface area contributed by atoms with Crippen molar-refractivity contribution in [3.8, 4) is 5.75 Å². The second-order valence-corrected chi connectivity index (χ2v) is 4.76. The van der Waals surface area contributed by atoms with Gasteiger partial charge in [0.15, 0.2) is 0 Å². The number of nitrogens with zero attached hydrogens (tertiary/aromatic N) is 2. The molecule has 1 aromatic heterocycles. The van der Waals surface area contributed by atoms with Crippen LogP contribution in [0, 0.1) is 13.8 Å². The topological polar surface area (TPSA) is 73.2 Å². The summed E-state index contributed by atoms with van der Waals surface area (Å²) < 4.78 is 6.98. The molecule has 6 nitrogen and oxygen atoms in total. The molecular weight excluding hydrogens is 270 g/mol. The molecule has 6 heteroatoms. The highest BCUT2D eigenvalue weighted by molar-refractivity contribution is 5.93. The Morgan fingerprint density at radius 2 is 1.81 bits per heavy atom. The SMILES string of the molecule is CC(=O)Nc1ccc(OC(=O)c2c(C)nn(C)c2C)cc1. The number of aryl methyl sites for hydroxylation is 2. The van der Waals surface area contributed by atoms with E-state index in [4.69, 9.17) is 4.74 Å². The van der Waals surface area contributed by atoms with Gasteiger partial charge in [0.05, 0.1) is 5.69 Å². The van der Waals surface area contributed by atoms with Crippen molar-refractivity contribution in [3.63, 3.8) is 0 Å². The molecule has 0 radical (unpaired) electrons. The Bertz CT molecular complexity index is 687. The van der Waals surface area contributed by atoms with Crippen LogP contribution in [0.25, 0.3) is 0 Å². The van der Waals surface area contributed by atoms with E-state index in [2.05, 4.69) is 10.4 Å². The molecular formula is C15H17N3O3. The second kappa shape index (κ2) is 5.78. The van der Waals surface area contributed by atoms with Crippen LogP contribution in [-0.2, 0) is 11.8 Å². The number of amides is 1. The van der Waals surface area contributed by atoms with E-state index in [-0.39, 0.29) is 5.91 Å². The van der Waals surface area contributed by atoms with Gasteiger partial charge in [0.2, 0.25) is 5.91 Å². The maximum Gasteiger partial charge on any atom is 0.347 e. The Kier molecular flexibility index (Phi) is 4.07. The molecule has 1 aromatic carbocycles. The van der Waals surface area contributed by atoms with Gasteiger partial charge in [-0.15, -0.1) is 0 Å². The lowest BCUT2D eigenvalue weighted by Gasteiger charge is -2.06. The van der Waals surface area contributed by atoms with E-state index in [9.17, 15) is 9.59 Å². The minimum absolute atomic E-state index is 0.152. The minimum atomic E-state index is -0.439. The van der Waals surface area contributed by atoms with E-state index >= 15 is 0 Å². The van der Waals surface area contributed by atoms with Gasteiger partial charge in [-0.1, -0.05) is 0 Å². The van der Waals surface area contributed by atoms with Gasteiger partial charge in [0.25, 0.3) is 0 Å². The second-order valence-electron chi connectivity index (χ2n) is 4.76. The molecule has 2 aromatic rings. The third kappa shape index (κ3) is 3.28. The zero-order valence-corrected chi connectivity index (χ0v) is 12.4. The van der Waals surface area contributed by atoms with Gasteiger partial charge in [0.1, 0.15) is 11.3 Å². The van der Waals surface area contributed by atoms with Crippen molar-refractivity contribution in [1.29, 1.82) is 0 Å². The Hall–Kier alpha value is -2.63. The molecule has 1 heterocycles. The van der Waals surface area contributed by atoms with E-state index in [1.807, 2.05) is 6.92 Å². The summed E-state index contributed by atoms with van der Waals surface area (Å²) in [5.41, 5.74) is 2.52. The fraction of sp³-hybridized carbons (Fsp3) is 0.267. The molecule has 0 atom stereocenters. The maximum atomic E-state index is 12.2. The van der Waals surface area contributed by atoms with Crippen molar-refractivity contribution in [2.75, 3.05) is 5.32 Å². The molecule has 0 saturated carbocycles. The number of hydrogen-bond donors (Lipinski definition) is 1. The zero-order valence-electron chi connectivity index (χ0n) is 12.4. The molecule has 0 unspecified atom stereocenters. The summed E-state index contributed by atoms with van der Waals surface area (Å²) in [5.74, 6) is -0.177. The summed E-state index contributed by atoms with van der Waals surface area (Å²) in [6.45, 7) is 5.02. The molecule has 0 saturated heterocycles. The lowest BCUT2D eigenvalue weighted by atomic mass is 10.2. The molecule has 0 aliphatic carbocycles. The van der Waals surface area contributed by atoms with Crippen molar-refractivity contribution >= 4 is 17.6 Å². The molecule has 0 fully saturated rings. The van der Waals surface area contributed by atoms with Gasteiger partial charge in [-0.05, 0) is 38.1 Å². The summed E-state index contributed by atoms with van der Waals surface area (Å²) in [6.07, 6.45) is 0. The van der Waals surface area contributed by atoms with Crippen LogP contribution in [0.5, 0.6) is 5.75 Å². The third-order valence-electron chi connectivity index (χ3n) is 3.10. The number of carbonyl (C=O) groups is 2. The Balaban J connectivity index is 2.14. The maximum absolute atomic E-state index is 12.2. The number of esters is 1. The molecule has 2 rings (SSSR count). The number of benzene rings is 1. The summed E-state index contributed by atoms with van der Waals surface area (Å²) in [6, 6.07) is 6.61. The van der Waals surface area contributed by atoms with Crippen LogP contribution in [0.15, 0.2) is 24.3 Å². The Labute approximate surface area is 122 Å². The van der Waals surface area contributed by atoms with Crippen molar-refractivity contribution in [2.45, 2.75) is 20.8 Å². The number of nitrogens with one attached hydrogen (secondary N) is 1. The molecule has 0 aliphatic heterocycles. The number of ether oxygens (including phenoxy) is 1. The van der Waals surface area contributed by atoms with Gasteiger partial charge in [0, 0.05) is 25.4 Å². The molecule has 1 amide bonds. The largest absolute Gasteiger partial charge is 0.423 e. The van der Waals surface area contributed by atoms with E-state index < -0.39 is 5.97 Å².